The number of carbonyl (C=O) groups is 1. The number of anilines is 1. The molecule has 0 radical (unpaired) electrons. The molecule has 0 bridgehead atoms. The van der Waals surface area contributed by atoms with E-state index in [1.807, 2.05) is 44.3 Å². The highest BCUT2D eigenvalue weighted by atomic mass is 35.5. The van der Waals surface area contributed by atoms with Gasteiger partial charge in [0.05, 0.1) is 11.4 Å². The number of benzene rings is 1. The molecule has 24 heavy (non-hydrogen) atoms. The fourth-order valence-electron chi connectivity index (χ4n) is 3.06. The van der Waals surface area contributed by atoms with Gasteiger partial charge in [-0.2, -0.15) is 0 Å². The van der Waals surface area contributed by atoms with Gasteiger partial charge in [0, 0.05) is 19.5 Å². The molecule has 1 fully saturated rings. The number of aromatic nitrogens is 2. The Balaban J connectivity index is 0.00000208. The zero-order valence-electron chi connectivity index (χ0n) is 13.9. The van der Waals surface area contributed by atoms with Crippen molar-refractivity contribution in [1.82, 2.24) is 14.7 Å². The van der Waals surface area contributed by atoms with Crippen molar-refractivity contribution in [3.8, 4) is 5.69 Å². The fourth-order valence-corrected chi connectivity index (χ4v) is 3.06. The van der Waals surface area contributed by atoms with Crippen molar-refractivity contribution in [3.05, 3.63) is 46.4 Å². The van der Waals surface area contributed by atoms with Crippen LogP contribution in [0.1, 0.15) is 25.0 Å². The lowest BCUT2D eigenvalue weighted by molar-refractivity contribution is -0.116. The van der Waals surface area contributed by atoms with Crippen LogP contribution in [-0.2, 0) is 11.8 Å². The average Bonchev–Trinajstić information content (AvgIpc) is 3.12. The number of rotatable bonds is 4. The lowest BCUT2D eigenvalue weighted by Gasteiger charge is -2.09. The molecule has 1 atom stereocenters. The molecular weight excluding hydrogens is 328 g/mol. The molecule has 1 aliphatic heterocycles. The summed E-state index contributed by atoms with van der Waals surface area (Å²) in [6.07, 6.45) is 2.51. The van der Waals surface area contributed by atoms with Gasteiger partial charge in [0.15, 0.2) is 0 Å². The largest absolute Gasteiger partial charge is 0.320 e. The number of nitrogens with zero attached hydrogens (tertiary/aromatic N) is 2. The maximum absolute atomic E-state index is 12.7. The number of nitrogens with one attached hydrogen (secondary N) is 2. The molecule has 3 rings (SSSR count). The zero-order valence-corrected chi connectivity index (χ0v) is 14.7. The Morgan fingerprint density at radius 1 is 1.33 bits per heavy atom. The lowest BCUT2D eigenvalue weighted by atomic mass is 10.1. The summed E-state index contributed by atoms with van der Waals surface area (Å²) in [5.74, 6) is -0.115. The van der Waals surface area contributed by atoms with Gasteiger partial charge in [-0.1, -0.05) is 18.2 Å². The van der Waals surface area contributed by atoms with Crippen molar-refractivity contribution in [1.29, 1.82) is 0 Å². The van der Waals surface area contributed by atoms with Crippen molar-refractivity contribution in [2.75, 3.05) is 11.9 Å². The Morgan fingerprint density at radius 3 is 2.67 bits per heavy atom. The maximum atomic E-state index is 12.7. The molecule has 2 aromatic rings. The van der Waals surface area contributed by atoms with Crippen LogP contribution in [0.3, 0.4) is 0 Å². The third-order valence-electron chi connectivity index (χ3n) is 4.41. The number of carbonyl (C=O) groups excluding carboxylic acids is 1. The summed E-state index contributed by atoms with van der Waals surface area (Å²) in [5.41, 5.74) is 1.68. The molecule has 1 aromatic heterocycles. The van der Waals surface area contributed by atoms with Crippen molar-refractivity contribution >= 4 is 24.0 Å². The second-order valence-electron chi connectivity index (χ2n) is 5.98. The van der Waals surface area contributed by atoms with Gasteiger partial charge in [-0.25, -0.2) is 4.68 Å². The molecule has 130 valence electrons. The number of halogens is 1. The summed E-state index contributed by atoms with van der Waals surface area (Å²) in [5, 5.41) is 6.10. The molecule has 0 spiro atoms. The van der Waals surface area contributed by atoms with Crippen LogP contribution in [0.5, 0.6) is 0 Å². The first-order valence-electron chi connectivity index (χ1n) is 7.95. The van der Waals surface area contributed by atoms with E-state index in [-0.39, 0.29) is 29.9 Å². The Kier molecular flexibility index (Phi) is 5.85. The van der Waals surface area contributed by atoms with Crippen LogP contribution >= 0.6 is 12.4 Å². The summed E-state index contributed by atoms with van der Waals surface area (Å²) in [7, 11) is 1.82. The van der Waals surface area contributed by atoms with Crippen LogP contribution in [0.4, 0.5) is 5.69 Å². The monoisotopic (exact) mass is 350 g/mol. The fraction of sp³-hybridized carbons (Fsp3) is 0.412. The van der Waals surface area contributed by atoms with Gasteiger partial charge >= 0.3 is 0 Å². The second-order valence-corrected chi connectivity index (χ2v) is 5.98. The lowest BCUT2D eigenvalue weighted by Crippen LogP contribution is -2.29. The molecule has 6 nitrogen and oxygen atoms in total. The normalized spacial score (nSPS) is 16.7. The van der Waals surface area contributed by atoms with E-state index in [0.29, 0.717) is 12.1 Å². The van der Waals surface area contributed by atoms with Crippen LogP contribution in [-0.4, -0.2) is 27.9 Å². The highest BCUT2D eigenvalue weighted by Gasteiger charge is 2.21. The smallest absolute Gasteiger partial charge is 0.295 e. The first-order valence-corrected chi connectivity index (χ1v) is 7.95. The minimum Gasteiger partial charge on any atom is -0.320 e. The van der Waals surface area contributed by atoms with Gasteiger partial charge in [0.2, 0.25) is 5.91 Å². The van der Waals surface area contributed by atoms with Crippen LogP contribution in [0.25, 0.3) is 5.69 Å². The van der Waals surface area contributed by atoms with Crippen molar-refractivity contribution in [2.24, 2.45) is 7.05 Å². The molecule has 1 amide bonds. The van der Waals surface area contributed by atoms with E-state index in [2.05, 4.69) is 10.6 Å². The Bertz CT molecular complexity index is 761. The van der Waals surface area contributed by atoms with E-state index in [0.717, 1.165) is 30.8 Å². The van der Waals surface area contributed by atoms with Crippen LogP contribution < -0.4 is 16.2 Å². The molecular formula is C17H23ClN4O2. The van der Waals surface area contributed by atoms with E-state index in [4.69, 9.17) is 0 Å². The SMILES string of the molecule is Cc1c(NC(=O)CC2CCCN2)c(=O)n(-c2ccccc2)n1C.Cl. The molecule has 7 heteroatoms. The Hall–Kier alpha value is -2.05. The molecule has 1 aromatic carbocycles. The minimum atomic E-state index is -0.205. The number of amides is 1. The Labute approximate surface area is 147 Å². The predicted octanol–water partition coefficient (Wildman–Crippen LogP) is 1.99. The minimum absolute atomic E-state index is 0. The quantitative estimate of drug-likeness (QED) is 0.886. The summed E-state index contributed by atoms with van der Waals surface area (Å²) in [6, 6.07) is 9.63. The first-order chi connectivity index (χ1) is 11.1. The van der Waals surface area contributed by atoms with Gasteiger partial charge < -0.3 is 10.6 Å². The highest BCUT2D eigenvalue weighted by molar-refractivity contribution is 5.91. The van der Waals surface area contributed by atoms with Crippen LogP contribution in [0.2, 0.25) is 0 Å². The first kappa shape index (κ1) is 18.3. The average molecular weight is 351 g/mol. The molecule has 0 saturated carbocycles. The van der Waals surface area contributed by atoms with Gasteiger partial charge in [-0.05, 0) is 38.4 Å². The van der Waals surface area contributed by atoms with Gasteiger partial charge in [0.25, 0.3) is 5.56 Å². The van der Waals surface area contributed by atoms with Crippen LogP contribution in [0.15, 0.2) is 35.1 Å². The van der Waals surface area contributed by atoms with E-state index >= 15 is 0 Å². The molecule has 0 aliphatic carbocycles. The molecule has 2 N–H and O–H groups in total. The Morgan fingerprint density at radius 2 is 2.04 bits per heavy atom. The van der Waals surface area contributed by atoms with Crippen molar-refractivity contribution in [2.45, 2.75) is 32.2 Å². The zero-order chi connectivity index (χ0) is 16.4. The third kappa shape index (κ3) is 3.55. The topological polar surface area (TPSA) is 68.1 Å². The van der Waals surface area contributed by atoms with E-state index < -0.39 is 0 Å². The standard InChI is InChI=1S/C17H22N4O2.ClH/c1-12-16(19-15(22)11-13-7-6-10-18-13)17(23)21(20(12)2)14-8-4-3-5-9-14;/h3-5,8-9,13,18H,6-7,10-11H2,1-2H3,(H,19,22);1H. The maximum Gasteiger partial charge on any atom is 0.295 e. The third-order valence-corrected chi connectivity index (χ3v) is 4.41. The molecule has 1 saturated heterocycles. The van der Waals surface area contributed by atoms with Crippen molar-refractivity contribution < 1.29 is 4.79 Å². The summed E-state index contributed by atoms with van der Waals surface area (Å²) < 4.78 is 3.33. The highest BCUT2D eigenvalue weighted by Crippen LogP contribution is 2.15. The molecule has 1 aliphatic rings. The summed E-state index contributed by atoms with van der Waals surface area (Å²) >= 11 is 0. The molecule has 2 heterocycles. The van der Waals surface area contributed by atoms with Crippen LogP contribution in [0, 0.1) is 6.92 Å². The predicted molar refractivity (Wildman–Crippen MR) is 97.3 cm³/mol. The summed E-state index contributed by atoms with van der Waals surface area (Å²) in [4.78, 5) is 24.9. The van der Waals surface area contributed by atoms with E-state index in [1.165, 1.54) is 0 Å². The number of hydrogen-bond donors (Lipinski definition) is 2. The van der Waals surface area contributed by atoms with E-state index in [9.17, 15) is 9.59 Å². The van der Waals surface area contributed by atoms with Crippen molar-refractivity contribution in [3.63, 3.8) is 0 Å². The van der Waals surface area contributed by atoms with Gasteiger partial charge in [0.1, 0.15) is 5.69 Å². The van der Waals surface area contributed by atoms with E-state index in [1.54, 1.807) is 9.36 Å². The summed E-state index contributed by atoms with van der Waals surface area (Å²) in [6.45, 7) is 2.80. The number of para-hydroxylation sites is 1. The van der Waals surface area contributed by atoms with Gasteiger partial charge in [-0.15, -0.1) is 12.4 Å². The molecule has 1 unspecified atom stereocenters. The van der Waals surface area contributed by atoms with Gasteiger partial charge in [-0.3, -0.25) is 14.3 Å². The number of hydrogen-bond acceptors (Lipinski definition) is 3. The second kappa shape index (κ2) is 7.68.